The van der Waals surface area contributed by atoms with E-state index in [1.807, 2.05) is 30.3 Å². The highest BCUT2D eigenvalue weighted by atomic mass is 16.5. The van der Waals surface area contributed by atoms with Gasteiger partial charge in [0.2, 0.25) is 0 Å². The fraction of sp³-hybridized carbons (Fsp3) is 0.333. The van der Waals surface area contributed by atoms with Crippen LogP contribution in [-0.2, 0) is 6.42 Å². The van der Waals surface area contributed by atoms with Crippen LogP contribution >= 0.6 is 0 Å². The van der Waals surface area contributed by atoms with Gasteiger partial charge in [0.1, 0.15) is 22.8 Å². The van der Waals surface area contributed by atoms with E-state index in [1.54, 1.807) is 14.2 Å². The van der Waals surface area contributed by atoms with Gasteiger partial charge in [-0.1, -0.05) is 24.3 Å². The third kappa shape index (κ3) is 3.56. The molecule has 0 N–H and O–H groups in total. The zero-order valence-corrected chi connectivity index (χ0v) is 14.8. The second kappa shape index (κ2) is 6.60. The molecule has 0 saturated carbocycles. The Labute approximate surface area is 143 Å². The number of hydrogen-bond donors (Lipinski definition) is 0. The fourth-order valence-corrected chi connectivity index (χ4v) is 2.94. The van der Waals surface area contributed by atoms with Crippen molar-refractivity contribution in [2.45, 2.75) is 32.3 Å². The number of benzene rings is 2. The summed E-state index contributed by atoms with van der Waals surface area (Å²) in [5, 5.41) is 0. The van der Waals surface area contributed by atoms with E-state index in [1.165, 1.54) is 5.56 Å². The highest BCUT2D eigenvalue weighted by molar-refractivity contribution is 5.73. The smallest absolute Gasteiger partial charge is 0.127 e. The lowest BCUT2D eigenvalue weighted by Crippen LogP contribution is -2.32. The molecule has 3 heteroatoms. The summed E-state index contributed by atoms with van der Waals surface area (Å²) in [5.74, 6) is 2.61. The van der Waals surface area contributed by atoms with Gasteiger partial charge in [-0.3, -0.25) is 0 Å². The highest BCUT2D eigenvalue weighted by Gasteiger charge is 2.28. The van der Waals surface area contributed by atoms with Crippen molar-refractivity contribution in [2.75, 3.05) is 14.2 Å². The van der Waals surface area contributed by atoms with Gasteiger partial charge in [0.05, 0.1) is 14.2 Å². The molecule has 2 aromatic rings. The van der Waals surface area contributed by atoms with E-state index in [0.29, 0.717) is 0 Å². The minimum absolute atomic E-state index is 0.129. The van der Waals surface area contributed by atoms with Gasteiger partial charge in [0.25, 0.3) is 0 Å². The minimum atomic E-state index is -0.129. The van der Waals surface area contributed by atoms with Crippen LogP contribution in [0.3, 0.4) is 0 Å². The molecule has 0 radical (unpaired) electrons. The first kappa shape index (κ1) is 16.4. The van der Waals surface area contributed by atoms with Gasteiger partial charge in [-0.05, 0) is 56.0 Å². The molecular weight excluding hydrogens is 300 g/mol. The van der Waals surface area contributed by atoms with Crippen LogP contribution in [0, 0.1) is 0 Å². The molecule has 0 atom stereocenters. The van der Waals surface area contributed by atoms with Crippen LogP contribution in [0.4, 0.5) is 0 Å². The van der Waals surface area contributed by atoms with Gasteiger partial charge in [-0.15, -0.1) is 0 Å². The predicted octanol–water partition coefficient (Wildman–Crippen LogP) is 4.98. The van der Waals surface area contributed by atoms with Gasteiger partial charge in [0, 0.05) is 11.6 Å². The van der Waals surface area contributed by atoms with Crippen LogP contribution in [0.1, 0.15) is 37.0 Å². The number of fused-ring (bicyclic) bond motifs is 1. The monoisotopic (exact) mass is 324 g/mol. The van der Waals surface area contributed by atoms with Crippen LogP contribution in [0.2, 0.25) is 0 Å². The van der Waals surface area contributed by atoms with Crippen molar-refractivity contribution < 1.29 is 14.2 Å². The van der Waals surface area contributed by atoms with Crippen molar-refractivity contribution in [1.29, 1.82) is 0 Å². The normalized spacial score (nSPS) is 15.7. The second-order valence-corrected chi connectivity index (χ2v) is 6.66. The lowest BCUT2D eigenvalue weighted by molar-refractivity contribution is 0.0843. The van der Waals surface area contributed by atoms with Gasteiger partial charge in [0.15, 0.2) is 0 Å². The third-order valence-corrected chi connectivity index (χ3v) is 4.39. The molecule has 0 bridgehead atoms. The average Bonchev–Trinajstić information content (AvgIpc) is 2.58. The molecule has 3 nitrogen and oxygen atoms in total. The largest absolute Gasteiger partial charge is 0.497 e. The first-order valence-electron chi connectivity index (χ1n) is 8.23. The molecule has 126 valence electrons. The predicted molar refractivity (Wildman–Crippen MR) is 97.9 cm³/mol. The Hall–Kier alpha value is -2.42. The van der Waals surface area contributed by atoms with E-state index in [2.05, 4.69) is 32.1 Å². The SMILES string of the molecule is COc1ccc(/C=C/c2cc(OC)cc3c2CCC(C)(C)O3)cc1. The van der Waals surface area contributed by atoms with Crippen molar-refractivity contribution in [1.82, 2.24) is 0 Å². The Kier molecular flexibility index (Phi) is 4.52. The zero-order chi connectivity index (χ0) is 17.2. The maximum Gasteiger partial charge on any atom is 0.127 e. The van der Waals surface area contributed by atoms with E-state index >= 15 is 0 Å². The molecule has 1 heterocycles. The standard InChI is InChI=1S/C21H24O3/c1-21(2)12-11-19-16(13-18(23-4)14-20(19)24-21)8-5-15-6-9-17(22-3)10-7-15/h5-10,13-14H,11-12H2,1-4H3/b8-5+. The highest BCUT2D eigenvalue weighted by Crippen LogP contribution is 2.38. The van der Waals surface area contributed by atoms with Gasteiger partial charge in [-0.25, -0.2) is 0 Å². The number of hydrogen-bond acceptors (Lipinski definition) is 3. The number of ether oxygens (including phenoxy) is 3. The summed E-state index contributed by atoms with van der Waals surface area (Å²) in [7, 11) is 3.36. The molecule has 1 aliphatic heterocycles. The lowest BCUT2D eigenvalue weighted by Gasteiger charge is -2.33. The Morgan fingerprint density at radius 3 is 2.33 bits per heavy atom. The molecule has 0 spiro atoms. The number of methoxy groups -OCH3 is 2. The molecule has 0 unspecified atom stereocenters. The summed E-state index contributed by atoms with van der Waals surface area (Å²) < 4.78 is 16.8. The van der Waals surface area contributed by atoms with Gasteiger partial charge in [-0.2, -0.15) is 0 Å². The Morgan fingerprint density at radius 2 is 1.67 bits per heavy atom. The topological polar surface area (TPSA) is 27.7 Å². The Morgan fingerprint density at radius 1 is 0.958 bits per heavy atom. The van der Waals surface area contributed by atoms with E-state index < -0.39 is 0 Å². The summed E-state index contributed by atoms with van der Waals surface area (Å²) in [6, 6.07) is 12.1. The van der Waals surface area contributed by atoms with Crippen LogP contribution in [0.15, 0.2) is 36.4 Å². The summed E-state index contributed by atoms with van der Waals surface area (Å²) in [4.78, 5) is 0. The van der Waals surface area contributed by atoms with E-state index in [4.69, 9.17) is 14.2 Å². The molecule has 0 saturated heterocycles. The minimum Gasteiger partial charge on any atom is -0.497 e. The molecule has 3 rings (SSSR count). The summed E-state index contributed by atoms with van der Waals surface area (Å²) in [6.45, 7) is 4.25. The quantitative estimate of drug-likeness (QED) is 0.743. The van der Waals surface area contributed by atoms with Crippen molar-refractivity contribution in [3.63, 3.8) is 0 Å². The van der Waals surface area contributed by atoms with E-state index in [-0.39, 0.29) is 5.60 Å². The van der Waals surface area contributed by atoms with Crippen molar-refractivity contribution in [3.05, 3.63) is 53.1 Å². The summed E-state index contributed by atoms with van der Waals surface area (Å²) >= 11 is 0. The molecule has 1 aliphatic rings. The zero-order valence-electron chi connectivity index (χ0n) is 14.8. The maximum atomic E-state index is 6.15. The Bertz CT molecular complexity index is 742. The molecular formula is C21H24O3. The van der Waals surface area contributed by atoms with Crippen LogP contribution in [-0.4, -0.2) is 19.8 Å². The second-order valence-electron chi connectivity index (χ2n) is 6.66. The molecule has 2 aromatic carbocycles. The first-order chi connectivity index (χ1) is 11.5. The summed E-state index contributed by atoms with van der Waals surface area (Å²) in [6.07, 6.45) is 6.25. The van der Waals surface area contributed by atoms with E-state index in [0.717, 1.165) is 41.2 Å². The Balaban J connectivity index is 1.93. The van der Waals surface area contributed by atoms with Crippen LogP contribution in [0.5, 0.6) is 17.2 Å². The number of rotatable bonds is 4. The van der Waals surface area contributed by atoms with Crippen molar-refractivity contribution in [2.24, 2.45) is 0 Å². The molecule has 0 aliphatic carbocycles. The van der Waals surface area contributed by atoms with Crippen LogP contribution in [0.25, 0.3) is 12.2 Å². The fourth-order valence-electron chi connectivity index (χ4n) is 2.94. The molecule has 24 heavy (non-hydrogen) atoms. The first-order valence-corrected chi connectivity index (χ1v) is 8.23. The molecule has 0 aromatic heterocycles. The van der Waals surface area contributed by atoms with Crippen LogP contribution < -0.4 is 14.2 Å². The lowest BCUT2D eigenvalue weighted by atomic mass is 9.91. The third-order valence-electron chi connectivity index (χ3n) is 4.39. The van der Waals surface area contributed by atoms with Gasteiger partial charge < -0.3 is 14.2 Å². The summed E-state index contributed by atoms with van der Waals surface area (Å²) in [5.41, 5.74) is 3.40. The molecule has 0 amide bonds. The van der Waals surface area contributed by atoms with E-state index in [9.17, 15) is 0 Å². The maximum absolute atomic E-state index is 6.15. The van der Waals surface area contributed by atoms with Crippen molar-refractivity contribution >= 4 is 12.2 Å². The average molecular weight is 324 g/mol. The van der Waals surface area contributed by atoms with Crippen molar-refractivity contribution in [3.8, 4) is 17.2 Å². The molecule has 0 fully saturated rings. The van der Waals surface area contributed by atoms with Gasteiger partial charge >= 0.3 is 0 Å².